The van der Waals surface area contributed by atoms with E-state index < -0.39 is 5.60 Å². The van der Waals surface area contributed by atoms with E-state index in [0.717, 1.165) is 24.4 Å². The lowest BCUT2D eigenvalue weighted by Crippen LogP contribution is -2.56. The summed E-state index contributed by atoms with van der Waals surface area (Å²) in [7, 11) is 1.65. The van der Waals surface area contributed by atoms with Crippen LogP contribution in [0.15, 0.2) is 12.4 Å². The fraction of sp³-hybridized carbons (Fsp3) is 0.684. The van der Waals surface area contributed by atoms with E-state index in [2.05, 4.69) is 26.9 Å². The molecule has 0 bridgehead atoms. The fourth-order valence-electron chi connectivity index (χ4n) is 3.50. The second-order valence-electron chi connectivity index (χ2n) is 8.07. The number of aromatic nitrogens is 4. The molecular formula is C19H30N6O3. The number of nitrogens with zero attached hydrogens (tertiary/aromatic N) is 6. The van der Waals surface area contributed by atoms with Gasteiger partial charge in [-0.15, -0.1) is 0 Å². The molecule has 1 atom stereocenters. The van der Waals surface area contributed by atoms with E-state index in [1.807, 2.05) is 26.8 Å². The van der Waals surface area contributed by atoms with Crippen LogP contribution >= 0.6 is 0 Å². The van der Waals surface area contributed by atoms with E-state index in [1.165, 1.54) is 6.33 Å². The summed E-state index contributed by atoms with van der Waals surface area (Å²) in [6, 6.07) is 2.16. The summed E-state index contributed by atoms with van der Waals surface area (Å²) in [4.78, 5) is 25.4. The summed E-state index contributed by atoms with van der Waals surface area (Å²) in [5, 5.41) is 4.35. The van der Waals surface area contributed by atoms with Crippen LogP contribution in [0.1, 0.15) is 46.2 Å². The average Bonchev–Trinajstić information content (AvgIpc) is 3.09. The molecule has 1 amide bonds. The highest BCUT2D eigenvalue weighted by atomic mass is 16.6. The van der Waals surface area contributed by atoms with E-state index in [4.69, 9.17) is 9.47 Å². The lowest BCUT2D eigenvalue weighted by Gasteiger charge is -2.42. The molecule has 154 valence electrons. The molecule has 1 aliphatic rings. The first kappa shape index (κ1) is 20.3. The maximum atomic E-state index is 12.5. The van der Waals surface area contributed by atoms with Gasteiger partial charge in [0, 0.05) is 38.9 Å². The smallest absolute Gasteiger partial charge is 0.410 e. The first-order chi connectivity index (χ1) is 13.3. The van der Waals surface area contributed by atoms with Crippen molar-refractivity contribution in [2.45, 2.75) is 58.8 Å². The summed E-state index contributed by atoms with van der Waals surface area (Å²) >= 11 is 0. The number of hydrogen-bond acceptors (Lipinski definition) is 7. The second-order valence-corrected chi connectivity index (χ2v) is 8.07. The normalized spacial score (nSPS) is 18.0. The van der Waals surface area contributed by atoms with Gasteiger partial charge in [-0.1, -0.05) is 13.3 Å². The van der Waals surface area contributed by atoms with Gasteiger partial charge in [0.05, 0.1) is 12.3 Å². The van der Waals surface area contributed by atoms with Gasteiger partial charge in [0.15, 0.2) is 0 Å². The van der Waals surface area contributed by atoms with E-state index in [-0.39, 0.29) is 12.1 Å². The number of hydrogen-bond donors (Lipinski definition) is 0. The molecule has 0 aliphatic carbocycles. The SMILES string of the molecule is CCCC1CN(C(=O)OC(C)(C)C)CCN1c1cc(COC)nc2ncnn12. The van der Waals surface area contributed by atoms with Crippen molar-refractivity contribution in [3.05, 3.63) is 18.1 Å². The molecule has 0 spiro atoms. The Kier molecular flexibility index (Phi) is 6.02. The number of carbonyl (C=O) groups is 1. The third-order valence-electron chi connectivity index (χ3n) is 4.63. The maximum absolute atomic E-state index is 12.5. The lowest BCUT2D eigenvalue weighted by molar-refractivity contribution is 0.0211. The molecule has 0 saturated carbocycles. The lowest BCUT2D eigenvalue weighted by atomic mass is 10.1. The number of carbonyl (C=O) groups excluding carboxylic acids is 1. The minimum atomic E-state index is -0.498. The van der Waals surface area contributed by atoms with Crippen LogP contribution in [0.25, 0.3) is 5.78 Å². The van der Waals surface area contributed by atoms with Crippen molar-refractivity contribution < 1.29 is 14.3 Å². The maximum Gasteiger partial charge on any atom is 0.410 e. The Morgan fingerprint density at radius 2 is 2.11 bits per heavy atom. The van der Waals surface area contributed by atoms with Gasteiger partial charge in [0.1, 0.15) is 17.7 Å². The zero-order valence-corrected chi connectivity index (χ0v) is 17.4. The van der Waals surface area contributed by atoms with Gasteiger partial charge in [-0.2, -0.15) is 14.6 Å². The number of ether oxygens (including phenoxy) is 2. The van der Waals surface area contributed by atoms with E-state index in [9.17, 15) is 4.79 Å². The Balaban J connectivity index is 1.87. The van der Waals surface area contributed by atoms with E-state index >= 15 is 0 Å². The van der Waals surface area contributed by atoms with Crippen molar-refractivity contribution in [1.82, 2.24) is 24.5 Å². The number of piperazine rings is 1. The molecule has 0 radical (unpaired) electrons. The monoisotopic (exact) mass is 390 g/mol. The largest absolute Gasteiger partial charge is 0.444 e. The van der Waals surface area contributed by atoms with Crippen molar-refractivity contribution in [2.75, 3.05) is 31.6 Å². The van der Waals surface area contributed by atoms with E-state index in [0.29, 0.717) is 32.0 Å². The molecule has 2 aromatic rings. The van der Waals surface area contributed by atoms with Gasteiger partial charge in [0.25, 0.3) is 5.78 Å². The van der Waals surface area contributed by atoms with Crippen LogP contribution in [0.4, 0.5) is 10.6 Å². The second kappa shape index (κ2) is 8.30. The highest BCUT2D eigenvalue weighted by Crippen LogP contribution is 2.25. The molecule has 28 heavy (non-hydrogen) atoms. The Hall–Kier alpha value is -2.42. The first-order valence-electron chi connectivity index (χ1n) is 9.75. The Morgan fingerprint density at radius 3 is 2.79 bits per heavy atom. The van der Waals surface area contributed by atoms with Crippen molar-refractivity contribution in [3.8, 4) is 0 Å². The summed E-state index contributed by atoms with van der Waals surface area (Å²) in [6.07, 6.45) is 3.22. The predicted molar refractivity (Wildman–Crippen MR) is 105 cm³/mol. The van der Waals surface area contributed by atoms with Crippen LogP contribution in [0.3, 0.4) is 0 Å². The van der Waals surface area contributed by atoms with Gasteiger partial charge < -0.3 is 19.3 Å². The molecule has 1 fully saturated rings. The first-order valence-corrected chi connectivity index (χ1v) is 9.75. The third-order valence-corrected chi connectivity index (χ3v) is 4.63. The van der Waals surface area contributed by atoms with Crippen LogP contribution in [0, 0.1) is 0 Å². The van der Waals surface area contributed by atoms with Crippen molar-refractivity contribution in [3.63, 3.8) is 0 Å². The standard InChI is InChI=1S/C19H30N6O3/c1-6-7-15-11-23(18(26)28-19(2,3)4)8-9-24(15)16-10-14(12-27-5)22-17-20-13-21-25(16)17/h10,13,15H,6-9,11-12H2,1-5H3. The minimum absolute atomic E-state index is 0.163. The van der Waals surface area contributed by atoms with E-state index in [1.54, 1.807) is 16.5 Å². The van der Waals surface area contributed by atoms with Crippen LogP contribution in [0.2, 0.25) is 0 Å². The molecule has 1 unspecified atom stereocenters. The number of amides is 1. The zero-order valence-electron chi connectivity index (χ0n) is 17.4. The molecule has 9 heteroatoms. The summed E-state index contributed by atoms with van der Waals surface area (Å²) in [5.74, 6) is 1.48. The van der Waals surface area contributed by atoms with Crippen LogP contribution in [-0.2, 0) is 16.1 Å². The minimum Gasteiger partial charge on any atom is -0.444 e. The third kappa shape index (κ3) is 4.52. The predicted octanol–water partition coefficient (Wildman–Crippen LogP) is 2.50. The summed E-state index contributed by atoms with van der Waals surface area (Å²) in [6.45, 7) is 10.1. The Bertz CT molecular complexity index is 816. The average molecular weight is 390 g/mol. The summed E-state index contributed by atoms with van der Waals surface area (Å²) < 4.78 is 12.6. The van der Waals surface area contributed by atoms with Crippen molar-refractivity contribution >= 4 is 17.7 Å². The van der Waals surface area contributed by atoms with Gasteiger partial charge >= 0.3 is 6.09 Å². The van der Waals surface area contributed by atoms with Gasteiger partial charge in [-0.3, -0.25) is 0 Å². The molecule has 1 saturated heterocycles. The molecule has 0 aromatic carbocycles. The highest BCUT2D eigenvalue weighted by molar-refractivity contribution is 5.69. The van der Waals surface area contributed by atoms with Crippen molar-refractivity contribution in [2.24, 2.45) is 0 Å². The molecule has 2 aromatic heterocycles. The molecule has 9 nitrogen and oxygen atoms in total. The van der Waals surface area contributed by atoms with Crippen LogP contribution < -0.4 is 4.90 Å². The zero-order chi connectivity index (χ0) is 20.3. The Labute approximate surface area is 165 Å². The number of methoxy groups -OCH3 is 1. The number of anilines is 1. The topological polar surface area (TPSA) is 85.1 Å². The highest BCUT2D eigenvalue weighted by Gasteiger charge is 2.33. The van der Waals surface area contributed by atoms with Gasteiger partial charge in [-0.05, 0) is 27.2 Å². The van der Waals surface area contributed by atoms with Gasteiger partial charge in [0.2, 0.25) is 0 Å². The number of rotatable bonds is 5. The molecule has 1 aliphatic heterocycles. The molecule has 0 N–H and O–H groups in total. The van der Waals surface area contributed by atoms with Crippen LogP contribution in [0.5, 0.6) is 0 Å². The molecular weight excluding hydrogens is 360 g/mol. The molecule has 3 rings (SSSR count). The fourth-order valence-corrected chi connectivity index (χ4v) is 3.50. The summed E-state index contributed by atoms with van der Waals surface area (Å²) in [5.41, 5.74) is 0.310. The number of fused-ring (bicyclic) bond motifs is 1. The van der Waals surface area contributed by atoms with Crippen molar-refractivity contribution in [1.29, 1.82) is 0 Å². The van der Waals surface area contributed by atoms with Crippen LogP contribution in [-0.4, -0.2) is 69.0 Å². The van der Waals surface area contributed by atoms with Gasteiger partial charge in [-0.25, -0.2) is 9.78 Å². The molecule has 3 heterocycles. The quantitative estimate of drug-likeness (QED) is 0.775. The Morgan fingerprint density at radius 1 is 1.32 bits per heavy atom.